The fourth-order valence-corrected chi connectivity index (χ4v) is 3.59. The van der Waals surface area contributed by atoms with Crippen LogP contribution in [0.1, 0.15) is 35.0 Å². The van der Waals surface area contributed by atoms with Gasteiger partial charge in [-0.25, -0.2) is 9.78 Å². The van der Waals surface area contributed by atoms with E-state index < -0.39 is 12.1 Å². The SMILES string of the molecule is O=C(OC(C(=O)NC1CC1)c1ccccc1)c1csc(-c2ccc(Cl)cc2)n1. The van der Waals surface area contributed by atoms with Gasteiger partial charge in [-0.1, -0.05) is 54.1 Å². The van der Waals surface area contributed by atoms with Crippen LogP contribution in [0.15, 0.2) is 60.0 Å². The van der Waals surface area contributed by atoms with Crippen molar-refractivity contribution < 1.29 is 14.3 Å². The van der Waals surface area contributed by atoms with Crippen LogP contribution < -0.4 is 5.32 Å². The van der Waals surface area contributed by atoms with Gasteiger partial charge in [0.15, 0.2) is 5.69 Å². The topological polar surface area (TPSA) is 68.3 Å². The lowest BCUT2D eigenvalue weighted by Gasteiger charge is -2.17. The highest BCUT2D eigenvalue weighted by molar-refractivity contribution is 7.13. The lowest BCUT2D eigenvalue weighted by Crippen LogP contribution is -2.33. The number of hydrogen-bond acceptors (Lipinski definition) is 5. The van der Waals surface area contributed by atoms with Crippen molar-refractivity contribution in [1.29, 1.82) is 0 Å². The van der Waals surface area contributed by atoms with Crippen LogP contribution in [-0.4, -0.2) is 22.9 Å². The molecule has 1 aliphatic carbocycles. The van der Waals surface area contributed by atoms with Gasteiger partial charge in [0.05, 0.1) is 0 Å². The number of carbonyl (C=O) groups is 2. The van der Waals surface area contributed by atoms with E-state index in [1.165, 1.54) is 11.3 Å². The Bertz CT molecular complexity index is 984. The number of aromatic nitrogens is 1. The van der Waals surface area contributed by atoms with E-state index in [9.17, 15) is 9.59 Å². The summed E-state index contributed by atoms with van der Waals surface area (Å²) in [5, 5.41) is 5.85. The summed E-state index contributed by atoms with van der Waals surface area (Å²) in [5.41, 5.74) is 1.66. The Morgan fingerprint density at radius 3 is 2.50 bits per heavy atom. The summed E-state index contributed by atoms with van der Waals surface area (Å²) in [6.07, 6.45) is 0.908. The van der Waals surface area contributed by atoms with Gasteiger partial charge in [0.2, 0.25) is 6.10 Å². The number of esters is 1. The van der Waals surface area contributed by atoms with Crippen LogP contribution >= 0.6 is 22.9 Å². The molecule has 1 unspecified atom stereocenters. The summed E-state index contributed by atoms with van der Waals surface area (Å²) >= 11 is 7.24. The highest BCUT2D eigenvalue weighted by atomic mass is 35.5. The van der Waals surface area contributed by atoms with Crippen LogP contribution in [0.4, 0.5) is 0 Å². The number of rotatable bonds is 6. The van der Waals surface area contributed by atoms with Crippen molar-refractivity contribution in [2.24, 2.45) is 0 Å². The molecule has 0 bridgehead atoms. The Hall–Kier alpha value is -2.70. The van der Waals surface area contributed by atoms with Gasteiger partial charge in [-0.15, -0.1) is 11.3 Å². The van der Waals surface area contributed by atoms with Crippen LogP contribution in [0.3, 0.4) is 0 Å². The summed E-state index contributed by atoms with van der Waals surface area (Å²) in [6.45, 7) is 0. The molecule has 1 aromatic heterocycles. The second-order valence-electron chi connectivity index (χ2n) is 6.52. The number of amides is 1. The first kappa shape index (κ1) is 18.7. The second kappa shape index (κ2) is 8.12. The molecule has 3 aromatic rings. The van der Waals surface area contributed by atoms with Crippen LogP contribution in [0, 0.1) is 0 Å². The summed E-state index contributed by atoms with van der Waals surface area (Å²) < 4.78 is 5.55. The molecular weight excluding hydrogens is 396 g/mol. The zero-order valence-electron chi connectivity index (χ0n) is 14.8. The maximum absolute atomic E-state index is 12.7. The fourth-order valence-electron chi connectivity index (χ4n) is 2.67. The number of hydrogen-bond donors (Lipinski definition) is 1. The van der Waals surface area contributed by atoms with E-state index in [4.69, 9.17) is 16.3 Å². The van der Waals surface area contributed by atoms with Gasteiger partial charge in [-0.05, 0) is 25.0 Å². The van der Waals surface area contributed by atoms with E-state index in [0.29, 0.717) is 15.6 Å². The molecule has 0 aliphatic heterocycles. The third-order valence-electron chi connectivity index (χ3n) is 4.29. The fraction of sp³-hybridized carbons (Fsp3) is 0.190. The lowest BCUT2D eigenvalue weighted by molar-refractivity contribution is -0.130. The Labute approximate surface area is 171 Å². The van der Waals surface area contributed by atoms with E-state index in [-0.39, 0.29) is 17.6 Å². The monoisotopic (exact) mass is 412 g/mol. The molecule has 4 rings (SSSR count). The molecule has 2 aromatic carbocycles. The molecule has 1 atom stereocenters. The molecule has 1 saturated carbocycles. The third-order valence-corrected chi connectivity index (χ3v) is 5.44. The number of benzene rings is 2. The van der Waals surface area contributed by atoms with E-state index >= 15 is 0 Å². The zero-order valence-corrected chi connectivity index (χ0v) is 16.4. The summed E-state index contributed by atoms with van der Waals surface area (Å²) in [4.78, 5) is 29.6. The Morgan fingerprint density at radius 1 is 1.11 bits per heavy atom. The molecular formula is C21H17ClN2O3S. The molecule has 1 heterocycles. The molecule has 1 amide bonds. The number of halogens is 1. The third kappa shape index (κ3) is 4.40. The predicted octanol–water partition coefficient (Wildman–Crippen LogP) is 4.64. The molecule has 1 aliphatic rings. The van der Waals surface area contributed by atoms with Gasteiger partial charge in [0.1, 0.15) is 5.01 Å². The normalized spacial score (nSPS) is 14.3. The largest absolute Gasteiger partial charge is 0.443 e. The zero-order chi connectivity index (χ0) is 19.5. The number of nitrogens with one attached hydrogen (secondary N) is 1. The first-order valence-corrected chi connectivity index (χ1v) is 10.1. The molecule has 0 spiro atoms. The van der Waals surface area contributed by atoms with Crippen molar-refractivity contribution in [3.8, 4) is 10.6 Å². The van der Waals surface area contributed by atoms with Gasteiger partial charge in [0, 0.05) is 27.6 Å². The number of ether oxygens (including phenoxy) is 1. The first-order chi connectivity index (χ1) is 13.6. The molecule has 28 heavy (non-hydrogen) atoms. The Kier molecular flexibility index (Phi) is 5.41. The van der Waals surface area contributed by atoms with Crippen molar-refractivity contribution in [2.75, 3.05) is 0 Å². The molecule has 1 fully saturated rings. The van der Waals surface area contributed by atoms with E-state index in [1.54, 1.807) is 29.6 Å². The summed E-state index contributed by atoms with van der Waals surface area (Å²) in [7, 11) is 0. The summed E-state index contributed by atoms with van der Waals surface area (Å²) in [5.74, 6) is -0.938. The van der Waals surface area contributed by atoms with Crippen molar-refractivity contribution in [1.82, 2.24) is 10.3 Å². The standard InChI is InChI=1S/C21H17ClN2O3S/c22-15-8-6-14(7-9-15)20-24-17(12-28-20)21(26)27-18(13-4-2-1-3-5-13)19(25)23-16-10-11-16/h1-9,12,16,18H,10-11H2,(H,23,25). The maximum atomic E-state index is 12.7. The van der Waals surface area contributed by atoms with Crippen LogP contribution in [0.5, 0.6) is 0 Å². The molecule has 0 radical (unpaired) electrons. The number of carbonyl (C=O) groups excluding carboxylic acids is 2. The van der Waals surface area contributed by atoms with E-state index in [0.717, 1.165) is 18.4 Å². The van der Waals surface area contributed by atoms with E-state index in [2.05, 4.69) is 10.3 Å². The minimum Gasteiger partial charge on any atom is -0.443 e. The maximum Gasteiger partial charge on any atom is 0.358 e. The van der Waals surface area contributed by atoms with Crippen LogP contribution in [0.2, 0.25) is 5.02 Å². The average molecular weight is 413 g/mol. The minimum absolute atomic E-state index is 0.174. The quantitative estimate of drug-likeness (QED) is 0.599. The first-order valence-electron chi connectivity index (χ1n) is 8.88. The molecule has 1 N–H and O–H groups in total. The highest BCUT2D eigenvalue weighted by Gasteiger charge is 2.31. The number of thiazole rings is 1. The average Bonchev–Trinajstić information content (AvgIpc) is 3.38. The van der Waals surface area contributed by atoms with Gasteiger partial charge in [-0.2, -0.15) is 0 Å². The second-order valence-corrected chi connectivity index (χ2v) is 7.82. The van der Waals surface area contributed by atoms with Crippen molar-refractivity contribution >= 4 is 34.8 Å². The van der Waals surface area contributed by atoms with Gasteiger partial charge < -0.3 is 10.1 Å². The van der Waals surface area contributed by atoms with E-state index in [1.807, 2.05) is 30.3 Å². The molecule has 7 heteroatoms. The molecule has 5 nitrogen and oxygen atoms in total. The van der Waals surface area contributed by atoms with Gasteiger partial charge in [-0.3, -0.25) is 4.79 Å². The van der Waals surface area contributed by atoms with Crippen molar-refractivity contribution in [2.45, 2.75) is 25.0 Å². The Balaban J connectivity index is 1.52. The predicted molar refractivity (Wildman–Crippen MR) is 108 cm³/mol. The molecule has 0 saturated heterocycles. The van der Waals surface area contributed by atoms with Gasteiger partial charge >= 0.3 is 5.97 Å². The summed E-state index contributed by atoms with van der Waals surface area (Å²) in [6, 6.07) is 16.4. The highest BCUT2D eigenvalue weighted by Crippen LogP contribution is 2.27. The van der Waals surface area contributed by atoms with Crippen molar-refractivity contribution in [3.05, 3.63) is 76.3 Å². The lowest BCUT2D eigenvalue weighted by atomic mass is 10.1. The minimum atomic E-state index is -1.00. The van der Waals surface area contributed by atoms with Crippen LogP contribution in [-0.2, 0) is 9.53 Å². The van der Waals surface area contributed by atoms with Crippen molar-refractivity contribution in [3.63, 3.8) is 0 Å². The van der Waals surface area contributed by atoms with Gasteiger partial charge in [0.25, 0.3) is 5.91 Å². The van der Waals surface area contributed by atoms with Crippen LogP contribution in [0.25, 0.3) is 10.6 Å². The number of nitrogens with zero attached hydrogens (tertiary/aromatic N) is 1. The Morgan fingerprint density at radius 2 is 1.82 bits per heavy atom. The smallest absolute Gasteiger partial charge is 0.358 e. The molecule has 142 valence electrons.